The molecule has 1 aliphatic heterocycles. The molecule has 0 saturated carbocycles. The van der Waals surface area contributed by atoms with Gasteiger partial charge in [-0.25, -0.2) is 12.8 Å². The molecule has 1 heterocycles. The number of anilines is 1. The minimum atomic E-state index is -3.75. The molecule has 1 aliphatic rings. The first kappa shape index (κ1) is 14.0. The second kappa shape index (κ2) is 5.13. The van der Waals surface area contributed by atoms with E-state index in [0.717, 1.165) is 5.56 Å². The number of sulfonamides is 1. The largest absolute Gasteiger partial charge is 0.392 e. The van der Waals surface area contributed by atoms with Crippen molar-refractivity contribution >= 4 is 15.7 Å². The lowest BCUT2D eigenvalue weighted by Crippen LogP contribution is -2.29. The average Bonchev–Trinajstić information content (AvgIpc) is 2.91. The van der Waals surface area contributed by atoms with E-state index in [9.17, 15) is 12.8 Å². The zero-order chi connectivity index (χ0) is 15.0. The first-order chi connectivity index (χ1) is 10.0. The van der Waals surface area contributed by atoms with Crippen LogP contribution in [-0.4, -0.2) is 20.1 Å². The van der Waals surface area contributed by atoms with Gasteiger partial charge in [-0.05, 0) is 41.8 Å². The Bertz CT molecular complexity index is 789. The first-order valence-corrected chi connectivity index (χ1v) is 7.97. The van der Waals surface area contributed by atoms with E-state index in [2.05, 4.69) is 0 Å². The number of rotatable bonds is 3. The van der Waals surface area contributed by atoms with Crippen molar-refractivity contribution in [1.29, 1.82) is 0 Å². The Hall–Kier alpha value is -1.92. The number of aliphatic hydroxyl groups is 1. The Balaban J connectivity index is 2.06. The fourth-order valence-electron chi connectivity index (χ4n) is 2.50. The van der Waals surface area contributed by atoms with Crippen molar-refractivity contribution in [3.63, 3.8) is 0 Å². The predicted molar refractivity (Wildman–Crippen MR) is 77.0 cm³/mol. The van der Waals surface area contributed by atoms with Gasteiger partial charge in [0.25, 0.3) is 10.0 Å². The summed E-state index contributed by atoms with van der Waals surface area (Å²) in [4.78, 5) is 0.103. The number of halogens is 1. The molecule has 1 N–H and O–H groups in total. The van der Waals surface area contributed by atoms with Gasteiger partial charge in [0, 0.05) is 6.54 Å². The molecule has 2 aromatic rings. The molecule has 0 aromatic heterocycles. The molecule has 0 amide bonds. The van der Waals surface area contributed by atoms with E-state index in [0.29, 0.717) is 24.2 Å². The van der Waals surface area contributed by atoms with Crippen molar-refractivity contribution < 1.29 is 17.9 Å². The molecule has 4 nitrogen and oxygen atoms in total. The summed E-state index contributed by atoms with van der Waals surface area (Å²) >= 11 is 0. The van der Waals surface area contributed by atoms with Gasteiger partial charge < -0.3 is 5.11 Å². The molecular formula is C15H14FNO3S. The summed E-state index contributed by atoms with van der Waals surface area (Å²) in [5, 5.41) is 9.13. The maximum absolute atomic E-state index is 13.4. The van der Waals surface area contributed by atoms with Crippen molar-refractivity contribution in [2.45, 2.75) is 17.9 Å². The van der Waals surface area contributed by atoms with Gasteiger partial charge in [-0.1, -0.05) is 18.2 Å². The fourth-order valence-corrected chi connectivity index (χ4v) is 4.07. The Labute approximate surface area is 122 Å². The molecular weight excluding hydrogens is 293 g/mol. The maximum Gasteiger partial charge on any atom is 0.264 e. The standard InChI is InChI=1S/C15H14FNO3S/c16-13-5-4-12-6-7-17(15(12)9-13)21(19,20)14-3-1-2-11(8-14)10-18/h1-5,8-9,18H,6-7,10H2. The molecule has 0 aliphatic carbocycles. The van der Waals surface area contributed by atoms with Crippen molar-refractivity contribution in [2.24, 2.45) is 0 Å². The summed E-state index contributed by atoms with van der Waals surface area (Å²) in [6, 6.07) is 10.3. The number of benzene rings is 2. The minimum Gasteiger partial charge on any atom is -0.392 e. The van der Waals surface area contributed by atoms with Crippen molar-refractivity contribution in [2.75, 3.05) is 10.8 Å². The predicted octanol–water partition coefficient (Wildman–Crippen LogP) is 2.07. The summed E-state index contributed by atoms with van der Waals surface area (Å²) < 4.78 is 40.0. The van der Waals surface area contributed by atoms with Gasteiger partial charge in [0.2, 0.25) is 0 Å². The Morgan fingerprint density at radius 1 is 1.19 bits per heavy atom. The zero-order valence-corrected chi connectivity index (χ0v) is 12.0. The third-order valence-electron chi connectivity index (χ3n) is 3.57. The molecule has 0 bridgehead atoms. The van der Waals surface area contributed by atoms with E-state index in [-0.39, 0.29) is 11.5 Å². The Morgan fingerprint density at radius 3 is 2.76 bits per heavy atom. The lowest BCUT2D eigenvalue weighted by Gasteiger charge is -2.20. The van der Waals surface area contributed by atoms with Crippen LogP contribution in [0, 0.1) is 5.82 Å². The SMILES string of the molecule is O=S(=O)(c1cccc(CO)c1)N1CCc2ccc(F)cc21. The van der Waals surface area contributed by atoms with Crippen molar-refractivity contribution in [3.8, 4) is 0 Å². The van der Waals surface area contributed by atoms with Crippen LogP contribution in [0.25, 0.3) is 0 Å². The van der Waals surface area contributed by atoms with Crippen LogP contribution in [0.5, 0.6) is 0 Å². The summed E-state index contributed by atoms with van der Waals surface area (Å²) in [5.74, 6) is -0.458. The van der Waals surface area contributed by atoms with Crippen LogP contribution in [0.3, 0.4) is 0 Å². The van der Waals surface area contributed by atoms with E-state index < -0.39 is 15.8 Å². The normalized spacial score (nSPS) is 14.3. The van der Waals surface area contributed by atoms with Crippen LogP contribution < -0.4 is 4.31 Å². The number of hydrogen-bond donors (Lipinski definition) is 1. The lowest BCUT2D eigenvalue weighted by molar-refractivity contribution is 0.281. The molecule has 2 aromatic carbocycles. The van der Waals surface area contributed by atoms with Crippen molar-refractivity contribution in [1.82, 2.24) is 0 Å². The van der Waals surface area contributed by atoms with Gasteiger partial charge in [-0.2, -0.15) is 0 Å². The quantitative estimate of drug-likeness (QED) is 0.944. The third-order valence-corrected chi connectivity index (χ3v) is 5.38. The Kier molecular flexibility index (Phi) is 3.43. The minimum absolute atomic E-state index is 0.103. The smallest absolute Gasteiger partial charge is 0.264 e. The summed E-state index contributed by atoms with van der Waals surface area (Å²) in [6.07, 6.45) is 0.564. The second-order valence-corrected chi connectivity index (χ2v) is 6.77. The molecule has 21 heavy (non-hydrogen) atoms. The number of nitrogens with zero attached hydrogens (tertiary/aromatic N) is 1. The maximum atomic E-state index is 13.4. The van der Waals surface area contributed by atoms with Crippen LogP contribution in [0.15, 0.2) is 47.4 Å². The summed E-state index contributed by atoms with van der Waals surface area (Å²) in [6.45, 7) is 0.0685. The molecule has 0 saturated heterocycles. The molecule has 0 unspecified atom stereocenters. The highest BCUT2D eigenvalue weighted by atomic mass is 32.2. The first-order valence-electron chi connectivity index (χ1n) is 6.53. The molecule has 3 rings (SSSR count). The molecule has 0 spiro atoms. The zero-order valence-electron chi connectivity index (χ0n) is 11.2. The van der Waals surface area contributed by atoms with Crippen LogP contribution in [0.1, 0.15) is 11.1 Å². The van der Waals surface area contributed by atoms with Gasteiger partial charge >= 0.3 is 0 Å². The van der Waals surface area contributed by atoms with Crippen LogP contribution in [0.4, 0.5) is 10.1 Å². The van der Waals surface area contributed by atoms with Crippen LogP contribution >= 0.6 is 0 Å². The number of aliphatic hydroxyl groups excluding tert-OH is 1. The van der Waals surface area contributed by atoms with Crippen molar-refractivity contribution in [3.05, 3.63) is 59.4 Å². The number of fused-ring (bicyclic) bond motifs is 1. The molecule has 6 heteroatoms. The van der Waals surface area contributed by atoms with Crippen LogP contribution in [0.2, 0.25) is 0 Å². The van der Waals surface area contributed by atoms with E-state index in [1.54, 1.807) is 18.2 Å². The molecule has 0 fully saturated rings. The van der Waals surface area contributed by atoms with Crippen LogP contribution in [-0.2, 0) is 23.1 Å². The Morgan fingerprint density at radius 2 is 2.00 bits per heavy atom. The van der Waals surface area contributed by atoms with E-state index in [1.807, 2.05) is 0 Å². The molecule has 0 atom stereocenters. The summed E-state index contributed by atoms with van der Waals surface area (Å²) in [5.41, 5.74) is 1.73. The second-order valence-electron chi connectivity index (χ2n) is 4.91. The average molecular weight is 307 g/mol. The number of hydrogen-bond acceptors (Lipinski definition) is 3. The monoisotopic (exact) mass is 307 g/mol. The van der Waals surface area contributed by atoms with E-state index >= 15 is 0 Å². The van der Waals surface area contributed by atoms with Gasteiger partial charge in [0.1, 0.15) is 5.82 Å². The highest BCUT2D eigenvalue weighted by Crippen LogP contribution is 2.33. The lowest BCUT2D eigenvalue weighted by atomic mass is 10.2. The van der Waals surface area contributed by atoms with E-state index in [1.165, 1.54) is 28.6 Å². The topological polar surface area (TPSA) is 57.6 Å². The van der Waals surface area contributed by atoms with Gasteiger partial charge in [0.15, 0.2) is 0 Å². The summed E-state index contributed by atoms with van der Waals surface area (Å²) in [7, 11) is -3.75. The molecule has 110 valence electrons. The van der Waals surface area contributed by atoms with E-state index in [4.69, 9.17) is 5.11 Å². The molecule has 0 radical (unpaired) electrons. The van der Waals surface area contributed by atoms with Gasteiger partial charge in [-0.3, -0.25) is 4.31 Å². The van der Waals surface area contributed by atoms with Gasteiger partial charge in [-0.15, -0.1) is 0 Å². The highest BCUT2D eigenvalue weighted by Gasteiger charge is 2.31. The third kappa shape index (κ3) is 2.41. The fraction of sp³-hybridized carbons (Fsp3) is 0.200. The highest BCUT2D eigenvalue weighted by molar-refractivity contribution is 7.92. The van der Waals surface area contributed by atoms with Gasteiger partial charge in [0.05, 0.1) is 17.2 Å².